The van der Waals surface area contributed by atoms with E-state index in [0.717, 1.165) is 11.1 Å². The summed E-state index contributed by atoms with van der Waals surface area (Å²) in [5.74, 6) is -0.614. The van der Waals surface area contributed by atoms with Crippen LogP contribution >= 0.6 is 0 Å². The molecule has 1 fully saturated rings. The summed E-state index contributed by atoms with van der Waals surface area (Å²) in [6.07, 6.45) is 0. The van der Waals surface area contributed by atoms with Crippen molar-refractivity contribution in [1.82, 2.24) is 4.90 Å². The van der Waals surface area contributed by atoms with E-state index in [4.69, 9.17) is 9.47 Å². The molecule has 0 radical (unpaired) electrons. The second-order valence-corrected chi connectivity index (χ2v) is 7.77. The first-order chi connectivity index (χ1) is 14.9. The monoisotopic (exact) mass is 423 g/mol. The quantitative estimate of drug-likeness (QED) is 0.390. The summed E-state index contributed by atoms with van der Waals surface area (Å²) in [5.41, 5.74) is 2.43. The zero-order chi connectivity index (χ0) is 22.5. The largest absolute Gasteiger partial charge is 0.507 e. The Hall–Kier alpha value is -3.12. The van der Waals surface area contributed by atoms with Crippen LogP contribution in [-0.4, -0.2) is 48.6 Å². The maximum absolute atomic E-state index is 13.0. The van der Waals surface area contributed by atoms with Crippen molar-refractivity contribution in [3.63, 3.8) is 0 Å². The maximum Gasteiger partial charge on any atom is 0.295 e. The van der Waals surface area contributed by atoms with Gasteiger partial charge in [-0.3, -0.25) is 9.59 Å². The van der Waals surface area contributed by atoms with E-state index in [1.165, 1.54) is 4.90 Å². The Kier molecular flexibility index (Phi) is 7.13. The highest BCUT2D eigenvalue weighted by molar-refractivity contribution is 6.46. The van der Waals surface area contributed by atoms with Gasteiger partial charge < -0.3 is 19.5 Å². The SMILES string of the molecule is CCOc1cccc(C(O)=C2C(=O)C(=O)N(CCOC)C2c2ccc(C(C)C)cc2)c1. The molecule has 1 aliphatic heterocycles. The average molecular weight is 424 g/mol. The van der Waals surface area contributed by atoms with Crippen molar-refractivity contribution >= 4 is 17.4 Å². The standard InChI is InChI=1S/C25H29NO5/c1-5-31-20-8-6-7-19(15-20)23(27)21-22(18-11-9-17(10-12-18)16(2)3)26(13-14-30-4)25(29)24(21)28/h6-12,15-16,22,27H,5,13-14H2,1-4H3. The predicted molar refractivity (Wildman–Crippen MR) is 119 cm³/mol. The highest BCUT2D eigenvalue weighted by atomic mass is 16.5. The molecular weight excluding hydrogens is 394 g/mol. The smallest absolute Gasteiger partial charge is 0.295 e. The molecule has 1 N–H and O–H groups in total. The molecular formula is C25H29NO5. The van der Waals surface area contributed by atoms with Gasteiger partial charge in [-0.2, -0.15) is 0 Å². The van der Waals surface area contributed by atoms with Gasteiger partial charge in [-0.25, -0.2) is 0 Å². The second kappa shape index (κ2) is 9.79. The summed E-state index contributed by atoms with van der Waals surface area (Å²) in [5, 5.41) is 11.1. The number of Topliss-reactive ketones (excluding diaryl/α,β-unsaturated/α-hetero) is 1. The molecule has 164 valence electrons. The van der Waals surface area contributed by atoms with E-state index in [-0.39, 0.29) is 24.5 Å². The van der Waals surface area contributed by atoms with Crippen molar-refractivity contribution < 1.29 is 24.2 Å². The van der Waals surface area contributed by atoms with Crippen LogP contribution in [0.1, 0.15) is 49.4 Å². The molecule has 1 heterocycles. The summed E-state index contributed by atoms with van der Waals surface area (Å²) < 4.78 is 10.7. The normalized spacial score (nSPS) is 18.1. The minimum absolute atomic E-state index is 0.0760. The lowest BCUT2D eigenvalue weighted by Gasteiger charge is -2.25. The van der Waals surface area contributed by atoms with Crippen LogP contribution in [0.2, 0.25) is 0 Å². The fraction of sp³-hybridized carbons (Fsp3) is 0.360. The third-order valence-electron chi connectivity index (χ3n) is 5.41. The highest BCUT2D eigenvalue weighted by Gasteiger charge is 2.45. The zero-order valence-corrected chi connectivity index (χ0v) is 18.4. The molecule has 6 nitrogen and oxygen atoms in total. The third-order valence-corrected chi connectivity index (χ3v) is 5.41. The second-order valence-electron chi connectivity index (χ2n) is 7.77. The van der Waals surface area contributed by atoms with Gasteiger partial charge >= 0.3 is 0 Å². The van der Waals surface area contributed by atoms with E-state index in [1.54, 1.807) is 31.4 Å². The van der Waals surface area contributed by atoms with Gasteiger partial charge in [0, 0.05) is 19.2 Å². The van der Waals surface area contributed by atoms with Gasteiger partial charge in [-0.15, -0.1) is 0 Å². The van der Waals surface area contributed by atoms with Crippen molar-refractivity contribution in [2.75, 3.05) is 26.9 Å². The number of likely N-dealkylation sites (tertiary alicyclic amines) is 1. The number of hydrogen-bond acceptors (Lipinski definition) is 5. The number of carbonyl (C=O) groups excluding carboxylic acids is 2. The van der Waals surface area contributed by atoms with Crippen molar-refractivity contribution in [3.05, 3.63) is 70.8 Å². The molecule has 0 aliphatic carbocycles. The van der Waals surface area contributed by atoms with Gasteiger partial charge in [0.15, 0.2) is 0 Å². The number of ether oxygens (including phenoxy) is 2. The third kappa shape index (κ3) is 4.64. The molecule has 0 saturated carbocycles. The van der Waals surface area contributed by atoms with E-state index in [9.17, 15) is 14.7 Å². The maximum atomic E-state index is 13.0. The molecule has 0 aromatic heterocycles. The predicted octanol–water partition coefficient (Wildman–Crippen LogP) is 4.28. The lowest BCUT2D eigenvalue weighted by molar-refractivity contribution is -0.140. The Balaban J connectivity index is 2.12. The Morgan fingerprint density at radius 3 is 2.45 bits per heavy atom. The van der Waals surface area contributed by atoms with Gasteiger partial charge in [0.2, 0.25) is 0 Å². The van der Waals surface area contributed by atoms with Crippen LogP contribution < -0.4 is 4.74 Å². The van der Waals surface area contributed by atoms with Crippen LogP contribution in [0.25, 0.3) is 5.76 Å². The molecule has 6 heteroatoms. The van der Waals surface area contributed by atoms with Crippen molar-refractivity contribution in [3.8, 4) is 5.75 Å². The van der Waals surface area contributed by atoms with Gasteiger partial charge in [0.1, 0.15) is 11.5 Å². The van der Waals surface area contributed by atoms with E-state index >= 15 is 0 Å². The zero-order valence-electron chi connectivity index (χ0n) is 18.4. The van der Waals surface area contributed by atoms with Gasteiger partial charge in [0.25, 0.3) is 11.7 Å². The molecule has 1 aliphatic rings. The van der Waals surface area contributed by atoms with Crippen molar-refractivity contribution in [1.29, 1.82) is 0 Å². The van der Waals surface area contributed by atoms with Crippen LogP contribution in [-0.2, 0) is 14.3 Å². The minimum Gasteiger partial charge on any atom is -0.507 e. The Labute approximate surface area is 183 Å². The minimum atomic E-state index is -0.701. The molecule has 1 amide bonds. The molecule has 1 atom stereocenters. The average Bonchev–Trinajstić information content (AvgIpc) is 3.02. The lowest BCUT2D eigenvalue weighted by atomic mass is 9.93. The van der Waals surface area contributed by atoms with Crippen molar-refractivity contribution in [2.45, 2.75) is 32.7 Å². The number of ketones is 1. The summed E-state index contributed by atoms with van der Waals surface area (Å²) in [4.78, 5) is 27.3. The topological polar surface area (TPSA) is 76.1 Å². The van der Waals surface area contributed by atoms with Crippen molar-refractivity contribution in [2.24, 2.45) is 0 Å². The number of carbonyl (C=O) groups is 2. The summed E-state index contributed by atoms with van der Waals surface area (Å²) in [7, 11) is 1.54. The van der Waals surface area contributed by atoms with E-state index < -0.39 is 17.7 Å². The molecule has 0 spiro atoms. The fourth-order valence-corrected chi connectivity index (χ4v) is 3.77. The molecule has 1 saturated heterocycles. The molecule has 0 bridgehead atoms. The van der Waals surface area contributed by atoms with Crippen LogP contribution in [0.4, 0.5) is 0 Å². The first-order valence-corrected chi connectivity index (χ1v) is 10.5. The Morgan fingerprint density at radius 1 is 1.13 bits per heavy atom. The summed E-state index contributed by atoms with van der Waals surface area (Å²) >= 11 is 0. The molecule has 3 rings (SSSR count). The summed E-state index contributed by atoms with van der Waals surface area (Å²) in [6, 6.07) is 14.0. The highest BCUT2D eigenvalue weighted by Crippen LogP contribution is 2.39. The number of nitrogens with zero attached hydrogens (tertiary/aromatic N) is 1. The van der Waals surface area contributed by atoms with Crippen LogP contribution in [0.15, 0.2) is 54.1 Å². The molecule has 2 aromatic rings. The fourth-order valence-electron chi connectivity index (χ4n) is 3.77. The molecule has 1 unspecified atom stereocenters. The number of aliphatic hydroxyl groups excluding tert-OH is 1. The first-order valence-electron chi connectivity index (χ1n) is 10.5. The number of rotatable bonds is 8. The van der Waals surface area contributed by atoms with Gasteiger partial charge in [0.05, 0.1) is 24.8 Å². The van der Waals surface area contributed by atoms with Crippen LogP contribution in [0.3, 0.4) is 0 Å². The van der Waals surface area contributed by atoms with Gasteiger partial charge in [-0.05, 0) is 36.1 Å². The van der Waals surface area contributed by atoms with Crippen LogP contribution in [0, 0.1) is 0 Å². The number of amides is 1. The first kappa shape index (κ1) is 22.6. The van der Waals surface area contributed by atoms with E-state index in [1.807, 2.05) is 31.2 Å². The number of aliphatic hydroxyl groups is 1. The van der Waals surface area contributed by atoms with E-state index in [0.29, 0.717) is 23.8 Å². The van der Waals surface area contributed by atoms with Gasteiger partial charge in [-0.1, -0.05) is 50.2 Å². The summed E-state index contributed by atoms with van der Waals surface area (Å²) in [6.45, 7) is 7.08. The lowest BCUT2D eigenvalue weighted by Crippen LogP contribution is -2.32. The van der Waals surface area contributed by atoms with E-state index in [2.05, 4.69) is 13.8 Å². The number of benzene rings is 2. The Bertz CT molecular complexity index is 978. The Morgan fingerprint density at radius 2 is 1.84 bits per heavy atom. The molecule has 2 aromatic carbocycles. The van der Waals surface area contributed by atoms with Crippen LogP contribution in [0.5, 0.6) is 5.75 Å². The number of hydrogen-bond donors (Lipinski definition) is 1. The number of methoxy groups -OCH3 is 1. The molecule has 31 heavy (non-hydrogen) atoms.